The number of amides is 1. The number of nitrogens with zero attached hydrogens (tertiary/aromatic N) is 1. The molecule has 0 aliphatic heterocycles. The van der Waals surface area contributed by atoms with Crippen molar-refractivity contribution in [2.24, 2.45) is 0 Å². The Morgan fingerprint density at radius 2 is 1.82 bits per heavy atom. The molecule has 0 aliphatic carbocycles. The van der Waals surface area contributed by atoms with Gasteiger partial charge in [-0.15, -0.1) is 0 Å². The highest BCUT2D eigenvalue weighted by atomic mass is 127. The van der Waals surface area contributed by atoms with Crippen LogP contribution in [0.5, 0.6) is 11.5 Å². The number of rotatable bonds is 10. The molecule has 0 saturated heterocycles. The van der Waals surface area contributed by atoms with Crippen molar-refractivity contribution in [2.45, 2.75) is 20.4 Å². The molecule has 3 aromatic rings. The molecule has 0 fully saturated rings. The number of benzene rings is 3. The fourth-order valence-electron chi connectivity index (χ4n) is 3.09. The SMILES string of the molecule is CCOc1cc(CNc2ccc([N+](=O)[O-])cc2)cc(I)c1OCC(=O)Nc1cccc(C)c1. The summed E-state index contributed by atoms with van der Waals surface area (Å²) in [5.41, 5.74) is 3.52. The van der Waals surface area contributed by atoms with Gasteiger partial charge in [0.1, 0.15) is 0 Å². The number of halogens is 1. The van der Waals surface area contributed by atoms with Crippen molar-refractivity contribution >= 4 is 45.6 Å². The van der Waals surface area contributed by atoms with E-state index < -0.39 is 4.92 Å². The monoisotopic (exact) mass is 561 g/mol. The molecule has 2 N–H and O–H groups in total. The normalized spacial score (nSPS) is 10.4. The zero-order valence-electron chi connectivity index (χ0n) is 18.3. The number of hydrogen-bond donors (Lipinski definition) is 2. The molecular weight excluding hydrogens is 537 g/mol. The molecular formula is C24H24IN3O5. The summed E-state index contributed by atoms with van der Waals surface area (Å²) < 4.78 is 12.4. The first-order valence-electron chi connectivity index (χ1n) is 10.3. The van der Waals surface area contributed by atoms with Gasteiger partial charge < -0.3 is 20.1 Å². The topological polar surface area (TPSA) is 103 Å². The highest BCUT2D eigenvalue weighted by Crippen LogP contribution is 2.34. The van der Waals surface area contributed by atoms with E-state index in [1.807, 2.05) is 50.2 Å². The molecule has 0 spiro atoms. The number of ether oxygens (including phenoxy) is 2. The van der Waals surface area contributed by atoms with Crippen LogP contribution in [-0.4, -0.2) is 24.0 Å². The van der Waals surface area contributed by atoms with E-state index in [4.69, 9.17) is 9.47 Å². The summed E-state index contributed by atoms with van der Waals surface area (Å²) in [6.45, 7) is 4.62. The molecule has 0 atom stereocenters. The maximum atomic E-state index is 12.3. The number of nitrogens with one attached hydrogen (secondary N) is 2. The third kappa shape index (κ3) is 7.07. The van der Waals surface area contributed by atoms with Crippen LogP contribution in [-0.2, 0) is 11.3 Å². The highest BCUT2D eigenvalue weighted by molar-refractivity contribution is 14.1. The van der Waals surface area contributed by atoms with Crippen LogP contribution in [0.3, 0.4) is 0 Å². The molecule has 8 nitrogen and oxygen atoms in total. The van der Waals surface area contributed by atoms with Crippen LogP contribution in [0.2, 0.25) is 0 Å². The molecule has 0 saturated carbocycles. The number of hydrogen-bond acceptors (Lipinski definition) is 6. The van der Waals surface area contributed by atoms with Gasteiger partial charge in [-0.25, -0.2) is 0 Å². The first kappa shape index (κ1) is 24.3. The van der Waals surface area contributed by atoms with Crippen molar-refractivity contribution in [3.63, 3.8) is 0 Å². The summed E-state index contributed by atoms with van der Waals surface area (Å²) in [4.78, 5) is 22.7. The van der Waals surface area contributed by atoms with E-state index in [-0.39, 0.29) is 18.2 Å². The van der Waals surface area contributed by atoms with Crippen molar-refractivity contribution in [3.05, 3.63) is 85.5 Å². The van der Waals surface area contributed by atoms with E-state index in [0.717, 1.165) is 26.1 Å². The largest absolute Gasteiger partial charge is 0.490 e. The minimum Gasteiger partial charge on any atom is -0.490 e. The average Bonchev–Trinajstić information content (AvgIpc) is 2.77. The van der Waals surface area contributed by atoms with E-state index in [1.54, 1.807) is 12.1 Å². The molecule has 0 bridgehead atoms. The predicted octanol–water partition coefficient (Wildman–Crippen LogP) is 5.54. The molecule has 0 heterocycles. The lowest BCUT2D eigenvalue weighted by Crippen LogP contribution is -2.20. The van der Waals surface area contributed by atoms with Crippen LogP contribution in [0.4, 0.5) is 17.1 Å². The van der Waals surface area contributed by atoms with Gasteiger partial charge in [-0.05, 0) is 84.0 Å². The van der Waals surface area contributed by atoms with Gasteiger partial charge in [0.15, 0.2) is 18.1 Å². The van der Waals surface area contributed by atoms with E-state index >= 15 is 0 Å². The Morgan fingerprint density at radius 1 is 1.06 bits per heavy atom. The number of nitro benzene ring substituents is 1. The average molecular weight is 561 g/mol. The molecule has 0 radical (unpaired) electrons. The molecule has 0 aromatic heterocycles. The number of nitro groups is 1. The molecule has 0 unspecified atom stereocenters. The van der Waals surface area contributed by atoms with Gasteiger partial charge in [0, 0.05) is 30.1 Å². The van der Waals surface area contributed by atoms with Gasteiger partial charge in [0.2, 0.25) is 0 Å². The zero-order valence-corrected chi connectivity index (χ0v) is 20.4. The van der Waals surface area contributed by atoms with Crippen LogP contribution < -0.4 is 20.1 Å². The summed E-state index contributed by atoms with van der Waals surface area (Å²) in [5.74, 6) is 0.798. The second-order valence-corrected chi connectivity index (χ2v) is 8.36. The van der Waals surface area contributed by atoms with Gasteiger partial charge in [-0.3, -0.25) is 14.9 Å². The minimum absolute atomic E-state index is 0.0432. The lowest BCUT2D eigenvalue weighted by Gasteiger charge is -2.16. The Balaban J connectivity index is 1.65. The lowest BCUT2D eigenvalue weighted by atomic mass is 10.2. The van der Waals surface area contributed by atoms with Gasteiger partial charge in [0.25, 0.3) is 11.6 Å². The minimum atomic E-state index is -0.430. The van der Waals surface area contributed by atoms with Gasteiger partial charge in [-0.2, -0.15) is 0 Å². The quantitative estimate of drug-likeness (QED) is 0.192. The summed E-state index contributed by atoms with van der Waals surface area (Å²) in [5, 5.41) is 16.9. The summed E-state index contributed by atoms with van der Waals surface area (Å²) >= 11 is 2.15. The van der Waals surface area contributed by atoms with E-state index in [1.165, 1.54) is 12.1 Å². The molecule has 9 heteroatoms. The number of anilines is 2. The molecule has 1 amide bonds. The smallest absolute Gasteiger partial charge is 0.269 e. The fraction of sp³-hybridized carbons (Fsp3) is 0.208. The highest BCUT2D eigenvalue weighted by Gasteiger charge is 2.14. The summed E-state index contributed by atoms with van der Waals surface area (Å²) in [6.07, 6.45) is 0. The molecule has 3 rings (SSSR count). The molecule has 3 aromatic carbocycles. The number of carbonyl (C=O) groups is 1. The van der Waals surface area contributed by atoms with Gasteiger partial charge in [-0.1, -0.05) is 12.1 Å². The number of aryl methyl sites for hydroxylation is 1. The maximum absolute atomic E-state index is 12.3. The standard InChI is InChI=1S/C24H24IN3O5/c1-3-32-22-13-17(14-26-18-7-9-20(10-8-18)28(30)31)12-21(25)24(22)33-15-23(29)27-19-6-4-5-16(2)11-19/h4-13,26H,3,14-15H2,1-2H3,(H,27,29). The number of non-ortho nitro benzene ring substituents is 1. The fourth-order valence-corrected chi connectivity index (χ4v) is 3.91. The summed E-state index contributed by atoms with van der Waals surface area (Å²) in [7, 11) is 0. The van der Waals surface area contributed by atoms with Crippen LogP contribution in [0.1, 0.15) is 18.1 Å². The van der Waals surface area contributed by atoms with E-state index in [0.29, 0.717) is 24.7 Å². The Bertz CT molecular complexity index is 1140. The summed E-state index contributed by atoms with van der Waals surface area (Å²) in [6, 6.07) is 17.6. The van der Waals surface area contributed by atoms with Crippen molar-refractivity contribution in [1.82, 2.24) is 0 Å². The van der Waals surface area contributed by atoms with E-state index in [2.05, 4.69) is 33.2 Å². The maximum Gasteiger partial charge on any atom is 0.269 e. The van der Waals surface area contributed by atoms with Gasteiger partial charge >= 0.3 is 0 Å². The Labute approximate surface area is 205 Å². The Hall–Kier alpha value is -3.34. The molecule has 0 aliphatic rings. The third-order valence-electron chi connectivity index (χ3n) is 4.59. The van der Waals surface area contributed by atoms with Gasteiger partial charge in [0.05, 0.1) is 15.1 Å². The lowest BCUT2D eigenvalue weighted by molar-refractivity contribution is -0.384. The molecule has 33 heavy (non-hydrogen) atoms. The van der Waals surface area contributed by atoms with Crippen LogP contribution in [0, 0.1) is 20.6 Å². The first-order chi connectivity index (χ1) is 15.9. The van der Waals surface area contributed by atoms with Crippen molar-refractivity contribution in [3.8, 4) is 11.5 Å². The Kier molecular flexibility index (Phi) is 8.47. The molecule has 172 valence electrons. The predicted molar refractivity (Wildman–Crippen MR) is 136 cm³/mol. The van der Waals surface area contributed by atoms with Crippen LogP contribution in [0.25, 0.3) is 0 Å². The zero-order chi connectivity index (χ0) is 23.8. The second kappa shape index (κ2) is 11.5. The van der Waals surface area contributed by atoms with Crippen LogP contribution >= 0.6 is 22.6 Å². The van der Waals surface area contributed by atoms with Crippen LogP contribution in [0.15, 0.2) is 60.7 Å². The van der Waals surface area contributed by atoms with Crippen molar-refractivity contribution in [1.29, 1.82) is 0 Å². The third-order valence-corrected chi connectivity index (χ3v) is 5.39. The second-order valence-electron chi connectivity index (χ2n) is 7.20. The van der Waals surface area contributed by atoms with Crippen molar-refractivity contribution in [2.75, 3.05) is 23.8 Å². The Morgan fingerprint density at radius 3 is 2.48 bits per heavy atom. The van der Waals surface area contributed by atoms with E-state index in [9.17, 15) is 14.9 Å². The van der Waals surface area contributed by atoms with Crippen molar-refractivity contribution < 1.29 is 19.2 Å². The number of carbonyl (C=O) groups excluding carboxylic acids is 1. The first-order valence-corrected chi connectivity index (χ1v) is 11.4.